The normalized spacial score (nSPS) is 12.5. The van der Waals surface area contributed by atoms with Crippen LogP contribution >= 0.6 is 0 Å². The van der Waals surface area contributed by atoms with E-state index in [0.29, 0.717) is 29.5 Å². The molecule has 0 aliphatic heterocycles. The topological polar surface area (TPSA) is 84.9 Å². The summed E-state index contributed by atoms with van der Waals surface area (Å²) in [6, 6.07) is 15.8. The van der Waals surface area contributed by atoms with E-state index in [0.717, 1.165) is 18.2 Å². The molecule has 0 heterocycles. The molecular formula is C26H27F3N2O5S. The van der Waals surface area contributed by atoms with Crippen molar-refractivity contribution < 1.29 is 35.3 Å². The first-order chi connectivity index (χ1) is 17.4. The van der Waals surface area contributed by atoms with Crippen molar-refractivity contribution in [3.05, 3.63) is 83.9 Å². The van der Waals surface area contributed by atoms with E-state index in [9.17, 15) is 26.4 Å². The number of halogens is 3. The molecule has 3 rings (SSSR count). The molecule has 1 unspecified atom stereocenters. The number of alkyl halides is 3. The predicted octanol–water partition coefficient (Wildman–Crippen LogP) is 6.31. The van der Waals surface area contributed by atoms with Crippen LogP contribution in [0.25, 0.3) is 0 Å². The van der Waals surface area contributed by atoms with E-state index in [4.69, 9.17) is 8.92 Å². The van der Waals surface area contributed by atoms with E-state index in [-0.39, 0.29) is 24.4 Å². The van der Waals surface area contributed by atoms with Crippen molar-refractivity contribution in [1.82, 2.24) is 4.90 Å². The molecule has 0 saturated carbocycles. The molecule has 2 amide bonds. The van der Waals surface area contributed by atoms with Crippen molar-refractivity contribution in [3.63, 3.8) is 0 Å². The molecule has 0 radical (unpaired) electrons. The summed E-state index contributed by atoms with van der Waals surface area (Å²) in [5.74, 6) is 0.402. The molecule has 0 aliphatic carbocycles. The summed E-state index contributed by atoms with van der Waals surface area (Å²) in [7, 11) is -3.04. The second kappa shape index (κ2) is 11.5. The zero-order chi connectivity index (χ0) is 27.2. The van der Waals surface area contributed by atoms with Gasteiger partial charge in [0.2, 0.25) is 0 Å². The van der Waals surface area contributed by atoms with Gasteiger partial charge in [-0.25, -0.2) is 4.79 Å². The van der Waals surface area contributed by atoms with Gasteiger partial charge in [-0.2, -0.15) is 21.6 Å². The Labute approximate surface area is 213 Å². The number of hydrogen-bond donors (Lipinski definition) is 1. The van der Waals surface area contributed by atoms with Crippen molar-refractivity contribution in [2.45, 2.75) is 43.9 Å². The Hall–Kier alpha value is -3.73. The van der Waals surface area contributed by atoms with E-state index in [1.807, 2.05) is 13.8 Å². The molecule has 3 aromatic carbocycles. The van der Waals surface area contributed by atoms with Crippen LogP contribution in [0.2, 0.25) is 0 Å². The summed E-state index contributed by atoms with van der Waals surface area (Å²) in [6.45, 7) is 3.92. The highest BCUT2D eigenvalue weighted by Gasteiger charge is 2.32. The molecule has 0 saturated heterocycles. The van der Waals surface area contributed by atoms with Gasteiger partial charge in [0.25, 0.3) is 0 Å². The van der Waals surface area contributed by atoms with E-state index >= 15 is 0 Å². The molecule has 11 heteroatoms. The monoisotopic (exact) mass is 536 g/mol. The Kier molecular flexibility index (Phi) is 8.69. The van der Waals surface area contributed by atoms with E-state index < -0.39 is 26.8 Å². The van der Waals surface area contributed by atoms with Crippen molar-refractivity contribution in [3.8, 4) is 11.5 Å². The highest BCUT2D eigenvalue weighted by Crippen LogP contribution is 2.31. The van der Waals surface area contributed by atoms with Crippen LogP contribution in [0.1, 0.15) is 31.4 Å². The van der Waals surface area contributed by atoms with E-state index in [1.54, 1.807) is 41.3 Å². The maximum absolute atomic E-state index is 13.1. The standard InChI is InChI=1S/C26H27F3N2O5S/c1-4-18(2)31(25(32)30-23-13-5-6-14-24(23)35-3)17-19-9-7-11-21(15-19)36-37(33,34)22-12-8-10-20(16-22)26(27,28)29/h5-16,18H,4,17H2,1-3H3,(H,30,32). The van der Waals surface area contributed by atoms with Crippen LogP contribution in [0.5, 0.6) is 11.5 Å². The Morgan fingerprint density at radius 2 is 1.73 bits per heavy atom. The van der Waals surface area contributed by atoms with Gasteiger partial charge in [-0.3, -0.25) is 0 Å². The van der Waals surface area contributed by atoms with Gasteiger partial charge in [0.15, 0.2) is 0 Å². The van der Waals surface area contributed by atoms with Gasteiger partial charge >= 0.3 is 22.3 Å². The third kappa shape index (κ3) is 7.16. The Bertz CT molecular complexity index is 1350. The molecule has 1 N–H and O–H groups in total. The van der Waals surface area contributed by atoms with Gasteiger partial charge < -0.3 is 19.1 Å². The van der Waals surface area contributed by atoms with E-state index in [1.165, 1.54) is 19.2 Å². The number of urea groups is 1. The quantitative estimate of drug-likeness (QED) is 0.324. The fourth-order valence-corrected chi connectivity index (χ4v) is 4.45. The molecule has 3 aromatic rings. The van der Waals surface area contributed by atoms with Gasteiger partial charge in [0.1, 0.15) is 16.4 Å². The van der Waals surface area contributed by atoms with E-state index in [2.05, 4.69) is 5.32 Å². The van der Waals surface area contributed by atoms with Crippen LogP contribution in [-0.2, 0) is 22.8 Å². The molecule has 0 fully saturated rings. The third-order valence-electron chi connectivity index (χ3n) is 5.64. The average molecular weight is 537 g/mol. The Balaban J connectivity index is 1.81. The van der Waals surface area contributed by atoms with Crippen LogP contribution in [0.4, 0.5) is 23.7 Å². The summed E-state index contributed by atoms with van der Waals surface area (Å²) in [5.41, 5.74) is -0.0454. The lowest BCUT2D eigenvalue weighted by Gasteiger charge is -2.29. The second-order valence-corrected chi connectivity index (χ2v) is 9.77. The third-order valence-corrected chi connectivity index (χ3v) is 6.88. The number of rotatable bonds is 9. The summed E-state index contributed by atoms with van der Waals surface area (Å²) < 4.78 is 74.8. The molecule has 0 aliphatic rings. The zero-order valence-electron chi connectivity index (χ0n) is 20.5. The largest absolute Gasteiger partial charge is 0.495 e. The molecule has 198 valence electrons. The van der Waals surface area contributed by atoms with Gasteiger partial charge in [-0.1, -0.05) is 37.3 Å². The molecule has 0 spiro atoms. The number of anilines is 1. The molecular weight excluding hydrogens is 509 g/mol. The molecule has 7 nitrogen and oxygen atoms in total. The van der Waals surface area contributed by atoms with Crippen LogP contribution < -0.4 is 14.2 Å². The van der Waals surface area contributed by atoms with Crippen LogP contribution in [0.15, 0.2) is 77.7 Å². The van der Waals surface area contributed by atoms with Gasteiger partial charge in [-0.05, 0) is 61.4 Å². The second-order valence-electron chi connectivity index (χ2n) is 8.23. The number of ether oxygens (including phenoxy) is 1. The number of nitrogens with one attached hydrogen (secondary N) is 1. The van der Waals surface area contributed by atoms with Crippen molar-refractivity contribution >= 4 is 21.8 Å². The van der Waals surface area contributed by atoms with Crippen LogP contribution in [-0.4, -0.2) is 32.5 Å². The summed E-state index contributed by atoms with van der Waals surface area (Å²) >= 11 is 0. The maximum Gasteiger partial charge on any atom is 0.416 e. The van der Waals surface area contributed by atoms with Gasteiger partial charge in [0.05, 0.1) is 18.4 Å². The number of hydrogen-bond acceptors (Lipinski definition) is 5. The number of carbonyl (C=O) groups excluding carboxylic acids is 1. The Morgan fingerprint density at radius 1 is 1.03 bits per heavy atom. The number of methoxy groups -OCH3 is 1. The molecule has 1 atom stereocenters. The lowest BCUT2D eigenvalue weighted by molar-refractivity contribution is -0.137. The average Bonchev–Trinajstić information content (AvgIpc) is 2.86. The molecule has 37 heavy (non-hydrogen) atoms. The fourth-order valence-electron chi connectivity index (χ4n) is 3.48. The minimum atomic E-state index is -4.70. The summed E-state index contributed by atoms with van der Waals surface area (Å²) in [4.78, 5) is 14.1. The number of para-hydroxylation sites is 2. The smallest absolute Gasteiger partial charge is 0.416 e. The Morgan fingerprint density at radius 3 is 2.41 bits per heavy atom. The first kappa shape index (κ1) is 27.9. The van der Waals surface area contributed by atoms with Crippen molar-refractivity contribution in [2.24, 2.45) is 0 Å². The highest BCUT2D eigenvalue weighted by atomic mass is 32.2. The number of amides is 2. The first-order valence-electron chi connectivity index (χ1n) is 11.4. The van der Waals surface area contributed by atoms with Crippen molar-refractivity contribution in [2.75, 3.05) is 12.4 Å². The number of nitrogens with zero attached hydrogens (tertiary/aromatic N) is 1. The van der Waals surface area contributed by atoms with Crippen LogP contribution in [0, 0.1) is 0 Å². The number of benzene rings is 3. The van der Waals surface area contributed by atoms with Crippen molar-refractivity contribution in [1.29, 1.82) is 0 Å². The summed E-state index contributed by atoms with van der Waals surface area (Å²) in [6.07, 6.45) is -4.05. The lowest BCUT2D eigenvalue weighted by atomic mass is 10.1. The molecule has 0 bridgehead atoms. The van der Waals surface area contributed by atoms with Gasteiger partial charge in [-0.15, -0.1) is 0 Å². The number of carbonyl (C=O) groups is 1. The SMILES string of the molecule is CCC(C)N(Cc1cccc(OS(=O)(=O)c2cccc(C(F)(F)F)c2)c1)C(=O)Nc1ccccc1OC. The lowest BCUT2D eigenvalue weighted by Crippen LogP contribution is -2.40. The molecule has 0 aromatic heterocycles. The maximum atomic E-state index is 13.1. The highest BCUT2D eigenvalue weighted by molar-refractivity contribution is 7.87. The minimum Gasteiger partial charge on any atom is -0.495 e. The minimum absolute atomic E-state index is 0.0934. The fraction of sp³-hybridized carbons (Fsp3) is 0.269. The first-order valence-corrected chi connectivity index (χ1v) is 12.8. The van der Waals surface area contributed by atoms with Gasteiger partial charge in [0, 0.05) is 12.6 Å². The summed E-state index contributed by atoms with van der Waals surface area (Å²) in [5, 5.41) is 2.83. The predicted molar refractivity (Wildman–Crippen MR) is 133 cm³/mol. The van der Waals surface area contributed by atoms with Crippen LogP contribution in [0.3, 0.4) is 0 Å². The zero-order valence-corrected chi connectivity index (χ0v) is 21.3.